The molecule has 5 heavy (non-hydrogen) atoms. The molecule has 0 saturated heterocycles. The van der Waals surface area contributed by atoms with Gasteiger partial charge in [-0.2, -0.15) is 0 Å². The second-order valence-corrected chi connectivity index (χ2v) is 0.316. The van der Waals surface area contributed by atoms with Crippen LogP contribution in [0.5, 0.6) is 0 Å². The number of rotatable bonds is 0. The van der Waals surface area contributed by atoms with Crippen molar-refractivity contribution >= 4 is 63.8 Å². The van der Waals surface area contributed by atoms with E-state index in [1.807, 2.05) is 0 Å². The minimum absolute atomic E-state index is 0. The Kier molecular flexibility index (Phi) is 53.3. The Morgan fingerprint density at radius 3 is 1.60 bits per heavy atom. The third-order valence-electron chi connectivity index (χ3n) is 0. The van der Waals surface area contributed by atoms with Gasteiger partial charge in [0.15, 0.2) is 0 Å². The molecule has 0 aromatic rings. The van der Waals surface area contributed by atoms with E-state index in [2.05, 4.69) is 0 Å². The van der Waals surface area contributed by atoms with Crippen LogP contribution in [-0.4, -0.2) is 63.1 Å². The van der Waals surface area contributed by atoms with Crippen molar-refractivity contribution in [1.82, 2.24) is 0 Å². The van der Waals surface area contributed by atoms with Crippen molar-refractivity contribution in [2.45, 2.75) is 6.92 Å². The van der Waals surface area contributed by atoms with Crippen LogP contribution in [0.15, 0.2) is 0 Å². The maximum absolute atomic E-state index is 7.57. The van der Waals surface area contributed by atoms with E-state index >= 15 is 0 Å². The summed E-state index contributed by atoms with van der Waals surface area (Å²) in [5.74, 6) is 0. The molecular formula is C2H8ClKO. The first-order valence-electron chi connectivity index (χ1n) is 1.02. The Morgan fingerprint density at radius 1 is 1.60 bits per heavy atom. The van der Waals surface area contributed by atoms with Gasteiger partial charge in [-0.1, -0.05) is 0 Å². The average Bonchev–Trinajstić information content (AvgIpc) is 0.918. The topological polar surface area (TPSA) is 20.2 Å². The molecule has 0 aliphatic carbocycles. The molecule has 0 bridgehead atoms. The molecule has 0 aromatic heterocycles. The average molecular weight is 123 g/mol. The molecule has 0 aromatic carbocycles. The van der Waals surface area contributed by atoms with Crippen LogP contribution in [0.25, 0.3) is 0 Å². The maximum atomic E-state index is 7.57. The van der Waals surface area contributed by atoms with Crippen molar-refractivity contribution in [2.75, 3.05) is 6.61 Å². The molecule has 0 aliphatic rings. The molecule has 30 valence electrons. The second-order valence-electron chi connectivity index (χ2n) is 0.316. The Morgan fingerprint density at radius 2 is 1.60 bits per heavy atom. The van der Waals surface area contributed by atoms with Gasteiger partial charge >= 0.3 is 51.4 Å². The van der Waals surface area contributed by atoms with Crippen molar-refractivity contribution in [2.24, 2.45) is 0 Å². The van der Waals surface area contributed by atoms with Gasteiger partial charge < -0.3 is 5.11 Å². The zero-order valence-corrected chi connectivity index (χ0v) is 3.38. The van der Waals surface area contributed by atoms with Gasteiger partial charge in [0.1, 0.15) is 0 Å². The zero-order chi connectivity index (χ0) is 2.71. The second kappa shape index (κ2) is 16.9. The van der Waals surface area contributed by atoms with Gasteiger partial charge in [0.2, 0.25) is 0 Å². The van der Waals surface area contributed by atoms with Crippen LogP contribution in [0, 0.1) is 0 Å². The fourth-order valence-electron chi connectivity index (χ4n) is 0. The van der Waals surface area contributed by atoms with Crippen LogP contribution in [0.3, 0.4) is 0 Å². The van der Waals surface area contributed by atoms with Gasteiger partial charge in [0, 0.05) is 6.61 Å². The van der Waals surface area contributed by atoms with E-state index in [1.165, 1.54) is 0 Å². The minimum atomic E-state index is 0. The molecule has 0 saturated carbocycles. The Hall–Kier alpha value is 1.89. The van der Waals surface area contributed by atoms with Gasteiger partial charge in [-0.15, -0.1) is 12.4 Å². The predicted molar refractivity (Wildman–Crippen MR) is 27.2 cm³/mol. The van der Waals surface area contributed by atoms with Gasteiger partial charge in [-0.05, 0) is 6.92 Å². The predicted octanol–water partition coefficient (Wildman–Crippen LogP) is -0.228. The number of halogens is 1. The van der Waals surface area contributed by atoms with Crippen LogP contribution in [0.2, 0.25) is 0 Å². The summed E-state index contributed by atoms with van der Waals surface area (Å²) in [6, 6.07) is 0. The van der Waals surface area contributed by atoms with Crippen molar-refractivity contribution in [1.29, 1.82) is 0 Å². The van der Waals surface area contributed by atoms with Crippen LogP contribution in [0.1, 0.15) is 6.92 Å². The number of aliphatic hydroxyl groups excluding tert-OH is 1. The molecule has 0 fully saturated rings. The fourth-order valence-corrected chi connectivity index (χ4v) is 0. The summed E-state index contributed by atoms with van der Waals surface area (Å²) in [5.41, 5.74) is 0. The molecule has 0 aliphatic heterocycles. The third-order valence-corrected chi connectivity index (χ3v) is 0. The summed E-state index contributed by atoms with van der Waals surface area (Å²) in [5, 5.41) is 7.57. The monoisotopic (exact) mass is 122 g/mol. The van der Waals surface area contributed by atoms with Gasteiger partial charge in [0.25, 0.3) is 0 Å². The summed E-state index contributed by atoms with van der Waals surface area (Å²) >= 11 is 0. The third kappa shape index (κ3) is 25.0. The molecule has 1 nitrogen and oxygen atoms in total. The molecule has 0 amide bonds. The summed E-state index contributed by atoms with van der Waals surface area (Å²) in [4.78, 5) is 0. The molecule has 0 spiro atoms. The number of hydrogen-bond donors (Lipinski definition) is 1. The van der Waals surface area contributed by atoms with Crippen LogP contribution in [0.4, 0.5) is 0 Å². The standard InChI is InChI=1S/C2H6O.ClH.K.H/c1-2-3;;;/h3H,2H2,1H3;1H;;. The molecule has 0 heterocycles. The Labute approximate surface area is 81.0 Å². The van der Waals surface area contributed by atoms with Crippen LogP contribution in [-0.2, 0) is 0 Å². The summed E-state index contributed by atoms with van der Waals surface area (Å²) in [6.45, 7) is 1.93. The zero-order valence-electron chi connectivity index (χ0n) is 2.56. The molecule has 0 radical (unpaired) electrons. The van der Waals surface area contributed by atoms with E-state index < -0.39 is 0 Å². The Balaban J connectivity index is -0.0000000200. The first-order valence-corrected chi connectivity index (χ1v) is 1.02. The van der Waals surface area contributed by atoms with Crippen molar-refractivity contribution in [3.8, 4) is 0 Å². The Bertz CT molecular complexity index is 9.61. The first-order chi connectivity index (χ1) is 1.41. The van der Waals surface area contributed by atoms with Gasteiger partial charge in [0.05, 0.1) is 0 Å². The molecular weight excluding hydrogens is 115 g/mol. The molecule has 1 N–H and O–H groups in total. The van der Waals surface area contributed by atoms with E-state index in [-0.39, 0.29) is 70.4 Å². The normalized spacial score (nSPS) is 3.60. The summed E-state index contributed by atoms with van der Waals surface area (Å²) < 4.78 is 0. The molecule has 0 unspecified atom stereocenters. The van der Waals surface area contributed by atoms with Crippen molar-refractivity contribution < 1.29 is 5.11 Å². The molecule has 3 heteroatoms. The number of aliphatic hydroxyl groups is 1. The van der Waals surface area contributed by atoms with E-state index in [0.717, 1.165) is 0 Å². The molecule has 0 atom stereocenters. The van der Waals surface area contributed by atoms with Crippen molar-refractivity contribution in [3.63, 3.8) is 0 Å². The van der Waals surface area contributed by atoms with E-state index in [9.17, 15) is 0 Å². The van der Waals surface area contributed by atoms with Crippen LogP contribution >= 0.6 is 12.4 Å². The van der Waals surface area contributed by atoms with E-state index in [0.29, 0.717) is 0 Å². The first kappa shape index (κ1) is 15.8. The van der Waals surface area contributed by atoms with Gasteiger partial charge in [-0.25, -0.2) is 0 Å². The van der Waals surface area contributed by atoms with Crippen LogP contribution < -0.4 is 0 Å². The molecule has 0 rings (SSSR count). The summed E-state index contributed by atoms with van der Waals surface area (Å²) in [6.07, 6.45) is 0. The number of hydrogen-bond acceptors (Lipinski definition) is 1. The quantitative estimate of drug-likeness (QED) is 0.441. The van der Waals surface area contributed by atoms with Gasteiger partial charge in [-0.3, -0.25) is 0 Å². The SMILES string of the molecule is CCO.Cl.[KH]. The van der Waals surface area contributed by atoms with E-state index in [1.54, 1.807) is 6.92 Å². The fraction of sp³-hybridized carbons (Fsp3) is 1.00. The summed E-state index contributed by atoms with van der Waals surface area (Å²) in [7, 11) is 0. The van der Waals surface area contributed by atoms with E-state index in [4.69, 9.17) is 5.11 Å². The van der Waals surface area contributed by atoms with Crippen molar-refractivity contribution in [3.05, 3.63) is 0 Å².